The van der Waals surface area contributed by atoms with Crippen molar-refractivity contribution >= 4 is 17.6 Å². The van der Waals surface area contributed by atoms with Gasteiger partial charge < -0.3 is 4.74 Å². The number of hydrogen-bond donors (Lipinski definition) is 0. The number of esters is 1. The van der Waals surface area contributed by atoms with Gasteiger partial charge in [-0.15, -0.1) is 0 Å². The molecule has 3 nitrogen and oxygen atoms in total. The zero-order valence-corrected chi connectivity index (χ0v) is 8.64. The maximum Gasteiger partial charge on any atom is 0.341 e. The summed E-state index contributed by atoms with van der Waals surface area (Å²) in [5.74, 6) is -1.60. The second-order valence-corrected chi connectivity index (χ2v) is 3.05. The summed E-state index contributed by atoms with van der Waals surface area (Å²) in [6.45, 7) is 1.75. The summed E-state index contributed by atoms with van der Waals surface area (Å²) < 4.78 is 17.9. The maximum atomic E-state index is 13.2. The van der Waals surface area contributed by atoms with E-state index in [0.29, 0.717) is 0 Å². The summed E-state index contributed by atoms with van der Waals surface area (Å²) >= 11 is 5.57. The molecule has 78 valence electrons. The van der Waals surface area contributed by atoms with Crippen LogP contribution in [0.3, 0.4) is 0 Å². The van der Waals surface area contributed by atoms with E-state index >= 15 is 0 Å². The van der Waals surface area contributed by atoms with E-state index in [4.69, 9.17) is 16.9 Å². The number of nitrogens with zero attached hydrogens (tertiary/aromatic N) is 1. The number of carbonyl (C=O) groups is 1. The summed E-state index contributed by atoms with van der Waals surface area (Å²) in [5.41, 5.74) is -0.237. The molecule has 0 N–H and O–H groups in total. The fourth-order valence-corrected chi connectivity index (χ4v) is 1.19. The Balaban J connectivity index is 3.20. The molecule has 0 aromatic heterocycles. The first kappa shape index (κ1) is 11.5. The first-order valence-corrected chi connectivity index (χ1v) is 4.54. The van der Waals surface area contributed by atoms with Gasteiger partial charge in [0.15, 0.2) is 0 Å². The highest BCUT2D eigenvalue weighted by Crippen LogP contribution is 2.20. The lowest BCUT2D eigenvalue weighted by atomic mass is 10.1. The van der Waals surface area contributed by atoms with E-state index in [0.717, 1.165) is 12.1 Å². The van der Waals surface area contributed by atoms with Gasteiger partial charge in [-0.2, -0.15) is 5.26 Å². The normalized spacial score (nSPS) is 9.47. The van der Waals surface area contributed by atoms with Crippen LogP contribution >= 0.6 is 11.6 Å². The lowest BCUT2D eigenvalue weighted by Crippen LogP contribution is -2.07. The molecule has 0 aliphatic carbocycles. The smallest absolute Gasteiger partial charge is 0.341 e. The molecule has 15 heavy (non-hydrogen) atoms. The number of ether oxygens (including phenoxy) is 1. The first-order valence-electron chi connectivity index (χ1n) is 4.16. The third-order valence-electron chi connectivity index (χ3n) is 1.67. The summed E-state index contributed by atoms with van der Waals surface area (Å²) in [7, 11) is 0. The van der Waals surface area contributed by atoms with Crippen molar-refractivity contribution in [2.24, 2.45) is 0 Å². The number of rotatable bonds is 2. The van der Waals surface area contributed by atoms with E-state index in [2.05, 4.69) is 4.74 Å². The molecule has 0 saturated carbocycles. The van der Waals surface area contributed by atoms with Gasteiger partial charge in [0.05, 0.1) is 22.8 Å². The second kappa shape index (κ2) is 4.76. The predicted molar refractivity (Wildman–Crippen MR) is 52.1 cm³/mol. The van der Waals surface area contributed by atoms with Crippen molar-refractivity contribution in [1.29, 1.82) is 5.26 Å². The van der Waals surface area contributed by atoms with Crippen LogP contribution in [0.1, 0.15) is 22.8 Å². The van der Waals surface area contributed by atoms with Crippen LogP contribution < -0.4 is 0 Å². The van der Waals surface area contributed by atoms with Crippen molar-refractivity contribution in [1.82, 2.24) is 0 Å². The van der Waals surface area contributed by atoms with Crippen molar-refractivity contribution < 1.29 is 13.9 Å². The minimum atomic E-state index is -0.803. The third-order valence-corrected chi connectivity index (χ3v) is 1.99. The SMILES string of the molecule is CCOC(=O)c1cc(C#N)c(Cl)cc1F. The van der Waals surface area contributed by atoms with Crippen molar-refractivity contribution in [3.63, 3.8) is 0 Å². The van der Waals surface area contributed by atoms with Crippen LogP contribution in [0.5, 0.6) is 0 Å². The van der Waals surface area contributed by atoms with Gasteiger partial charge in [0.25, 0.3) is 0 Å². The van der Waals surface area contributed by atoms with Crippen molar-refractivity contribution in [3.8, 4) is 6.07 Å². The molecule has 1 aromatic rings. The average molecular weight is 228 g/mol. The highest BCUT2D eigenvalue weighted by atomic mass is 35.5. The van der Waals surface area contributed by atoms with Gasteiger partial charge in [0.1, 0.15) is 11.9 Å². The Morgan fingerprint density at radius 3 is 2.87 bits per heavy atom. The van der Waals surface area contributed by atoms with Crippen LogP contribution in [0.2, 0.25) is 5.02 Å². The molecule has 0 unspecified atom stereocenters. The topological polar surface area (TPSA) is 50.1 Å². The molecular formula is C10H7ClFNO2. The van der Waals surface area contributed by atoms with Crippen molar-refractivity contribution in [3.05, 3.63) is 34.1 Å². The van der Waals surface area contributed by atoms with Gasteiger partial charge in [-0.05, 0) is 19.1 Å². The largest absolute Gasteiger partial charge is 0.462 e. The molecule has 0 aliphatic rings. The van der Waals surface area contributed by atoms with E-state index in [1.54, 1.807) is 13.0 Å². The number of nitriles is 1. The Kier molecular flexibility index (Phi) is 3.64. The third kappa shape index (κ3) is 2.45. The number of carbonyl (C=O) groups excluding carboxylic acids is 1. The molecule has 0 radical (unpaired) electrons. The molecule has 0 heterocycles. The van der Waals surface area contributed by atoms with Crippen LogP contribution in [0.15, 0.2) is 12.1 Å². The lowest BCUT2D eigenvalue weighted by Gasteiger charge is -2.04. The van der Waals surface area contributed by atoms with Crippen LogP contribution in [0.4, 0.5) is 4.39 Å². The summed E-state index contributed by atoms with van der Waals surface area (Å²) in [4.78, 5) is 11.2. The van der Waals surface area contributed by atoms with E-state index in [1.807, 2.05) is 0 Å². The van der Waals surface area contributed by atoms with Crippen molar-refractivity contribution in [2.45, 2.75) is 6.92 Å². The van der Waals surface area contributed by atoms with E-state index in [1.165, 1.54) is 0 Å². The van der Waals surface area contributed by atoms with Gasteiger partial charge in [-0.3, -0.25) is 0 Å². The lowest BCUT2D eigenvalue weighted by molar-refractivity contribution is 0.0521. The summed E-state index contributed by atoms with van der Waals surface area (Å²) in [6.07, 6.45) is 0. The Bertz CT molecular complexity index is 440. The van der Waals surface area contributed by atoms with Crippen molar-refractivity contribution in [2.75, 3.05) is 6.61 Å². The Morgan fingerprint density at radius 1 is 1.67 bits per heavy atom. The monoisotopic (exact) mass is 227 g/mol. The molecule has 0 spiro atoms. The van der Waals surface area contributed by atoms with Crippen LogP contribution in [-0.4, -0.2) is 12.6 Å². The second-order valence-electron chi connectivity index (χ2n) is 2.64. The van der Waals surface area contributed by atoms with Gasteiger partial charge in [-0.1, -0.05) is 11.6 Å². The fourth-order valence-electron chi connectivity index (χ4n) is 1.000. The Morgan fingerprint density at radius 2 is 2.33 bits per heavy atom. The van der Waals surface area contributed by atoms with Crippen LogP contribution in [-0.2, 0) is 4.74 Å². The molecule has 0 aliphatic heterocycles. The highest BCUT2D eigenvalue weighted by molar-refractivity contribution is 6.31. The minimum Gasteiger partial charge on any atom is -0.462 e. The number of hydrogen-bond acceptors (Lipinski definition) is 3. The van der Waals surface area contributed by atoms with Gasteiger partial charge in [0, 0.05) is 0 Å². The molecular weight excluding hydrogens is 221 g/mol. The van der Waals surface area contributed by atoms with Gasteiger partial charge in [-0.25, -0.2) is 9.18 Å². The standard InChI is InChI=1S/C10H7ClFNO2/c1-2-15-10(14)7-3-6(5-13)8(11)4-9(7)12/h3-4H,2H2,1H3. The summed E-state index contributed by atoms with van der Waals surface area (Å²) in [5, 5.41) is 8.61. The fraction of sp³-hybridized carbons (Fsp3) is 0.200. The molecule has 0 atom stereocenters. The van der Waals surface area contributed by atoms with Gasteiger partial charge in [0.2, 0.25) is 0 Å². The van der Waals surface area contributed by atoms with Crippen LogP contribution in [0.25, 0.3) is 0 Å². The zero-order valence-electron chi connectivity index (χ0n) is 7.88. The first-order chi connectivity index (χ1) is 7.10. The molecule has 1 rings (SSSR count). The van der Waals surface area contributed by atoms with E-state index in [9.17, 15) is 9.18 Å². The highest BCUT2D eigenvalue weighted by Gasteiger charge is 2.15. The Labute approximate surface area is 91.0 Å². The van der Waals surface area contributed by atoms with Crippen LogP contribution in [0, 0.1) is 17.1 Å². The minimum absolute atomic E-state index is 0.0250. The molecule has 5 heteroatoms. The molecule has 0 fully saturated rings. The molecule has 0 bridgehead atoms. The quantitative estimate of drug-likeness (QED) is 0.730. The van der Waals surface area contributed by atoms with E-state index in [-0.39, 0.29) is 22.8 Å². The molecule has 0 amide bonds. The molecule has 1 aromatic carbocycles. The van der Waals surface area contributed by atoms with Gasteiger partial charge >= 0.3 is 5.97 Å². The average Bonchev–Trinajstić information content (AvgIpc) is 2.18. The van der Waals surface area contributed by atoms with E-state index < -0.39 is 11.8 Å². The maximum absolute atomic E-state index is 13.2. The number of halogens is 2. The molecule has 0 saturated heterocycles. The predicted octanol–water partition coefficient (Wildman–Crippen LogP) is 2.53. The number of benzene rings is 1. The Hall–Kier alpha value is -1.60. The zero-order chi connectivity index (χ0) is 11.4. The summed E-state index contributed by atoms with van der Waals surface area (Å²) in [6, 6.07) is 3.76.